The third-order valence-corrected chi connectivity index (χ3v) is 7.33. The van der Waals surface area contributed by atoms with Crippen LogP contribution in [0.25, 0.3) is 0 Å². The van der Waals surface area contributed by atoms with Gasteiger partial charge in [0.2, 0.25) is 0 Å². The molecule has 0 aromatic carbocycles. The molecule has 2 aliphatic carbocycles. The molecule has 31 heavy (non-hydrogen) atoms. The zero-order valence-electron chi connectivity index (χ0n) is 19.5. The molecule has 2 N–H and O–H groups in total. The summed E-state index contributed by atoms with van der Waals surface area (Å²) in [6.45, 7) is 9.68. The van der Waals surface area contributed by atoms with Gasteiger partial charge in [0.05, 0.1) is 0 Å². The second-order valence-electron chi connectivity index (χ2n) is 10.9. The van der Waals surface area contributed by atoms with Crippen LogP contribution in [-0.4, -0.2) is 53.4 Å². The number of carbonyl (C=O) groups excluding carboxylic acids is 4. The molecule has 3 aliphatic rings. The molecule has 0 aromatic rings. The summed E-state index contributed by atoms with van der Waals surface area (Å²) in [4.78, 5) is 51.0. The lowest BCUT2D eigenvalue weighted by atomic mass is 9.64. The molecule has 1 saturated heterocycles. The van der Waals surface area contributed by atoms with Gasteiger partial charge in [-0.25, -0.2) is 4.79 Å². The molecule has 8 heteroatoms. The monoisotopic (exact) mass is 435 g/mol. The van der Waals surface area contributed by atoms with E-state index >= 15 is 0 Å². The largest absolute Gasteiger partial charge is 0.454 e. The molecule has 5 atom stereocenters. The van der Waals surface area contributed by atoms with E-state index in [9.17, 15) is 19.2 Å². The molecular formula is C23H37N3O5. The third-order valence-electron chi connectivity index (χ3n) is 7.33. The SMILES string of the molecule is C[C@@H]1CC(C)(C)C[C@]2(C1)NC(=O)N(CC(=O)OCC(=O)N[C@H]1CCC[C@H](C)[C@H]1C)C2=O. The Morgan fingerprint density at radius 1 is 1.16 bits per heavy atom. The lowest BCUT2D eigenvalue weighted by molar-refractivity contribution is -0.151. The van der Waals surface area contributed by atoms with E-state index < -0.39 is 30.7 Å². The van der Waals surface area contributed by atoms with Crippen LogP contribution >= 0.6 is 0 Å². The van der Waals surface area contributed by atoms with E-state index in [1.807, 2.05) is 0 Å². The number of urea groups is 1. The van der Waals surface area contributed by atoms with E-state index in [1.165, 1.54) is 0 Å². The second kappa shape index (κ2) is 8.79. The molecule has 2 saturated carbocycles. The van der Waals surface area contributed by atoms with Gasteiger partial charge in [0, 0.05) is 6.04 Å². The van der Waals surface area contributed by atoms with Crippen molar-refractivity contribution in [1.82, 2.24) is 15.5 Å². The van der Waals surface area contributed by atoms with Crippen LogP contribution in [0, 0.1) is 23.2 Å². The summed E-state index contributed by atoms with van der Waals surface area (Å²) in [6, 6.07) is -0.487. The maximum absolute atomic E-state index is 13.1. The van der Waals surface area contributed by atoms with Crippen LogP contribution in [0.2, 0.25) is 0 Å². The summed E-state index contributed by atoms with van der Waals surface area (Å²) < 4.78 is 5.08. The number of rotatable bonds is 5. The summed E-state index contributed by atoms with van der Waals surface area (Å²) in [7, 11) is 0. The first-order chi connectivity index (χ1) is 14.4. The van der Waals surface area contributed by atoms with Crippen molar-refractivity contribution in [2.24, 2.45) is 23.2 Å². The predicted octanol–water partition coefficient (Wildman–Crippen LogP) is 2.61. The first kappa shape index (κ1) is 23.5. The summed E-state index contributed by atoms with van der Waals surface area (Å²) in [6.07, 6.45) is 5.23. The average molecular weight is 436 g/mol. The van der Waals surface area contributed by atoms with Crippen LogP contribution in [0.3, 0.4) is 0 Å². The highest BCUT2D eigenvalue weighted by molar-refractivity contribution is 6.08. The van der Waals surface area contributed by atoms with Gasteiger partial charge in [0.15, 0.2) is 6.61 Å². The first-order valence-electron chi connectivity index (χ1n) is 11.5. The Hall–Kier alpha value is -2.12. The van der Waals surface area contributed by atoms with E-state index in [-0.39, 0.29) is 29.2 Å². The van der Waals surface area contributed by atoms with Gasteiger partial charge < -0.3 is 15.4 Å². The van der Waals surface area contributed by atoms with E-state index in [0.29, 0.717) is 24.7 Å². The van der Waals surface area contributed by atoms with Crippen LogP contribution < -0.4 is 10.6 Å². The predicted molar refractivity (Wildman–Crippen MR) is 115 cm³/mol. The molecule has 0 radical (unpaired) electrons. The van der Waals surface area contributed by atoms with E-state index in [0.717, 1.165) is 30.6 Å². The highest BCUT2D eigenvalue weighted by atomic mass is 16.5. The summed E-state index contributed by atoms with van der Waals surface area (Å²) in [5.41, 5.74) is -1.04. The Morgan fingerprint density at radius 3 is 2.55 bits per heavy atom. The molecule has 3 rings (SSSR count). The number of amides is 4. The quantitative estimate of drug-likeness (QED) is 0.510. The summed E-state index contributed by atoms with van der Waals surface area (Å²) in [5.74, 6) is -0.282. The van der Waals surface area contributed by atoms with Gasteiger partial charge in [-0.15, -0.1) is 0 Å². The van der Waals surface area contributed by atoms with Gasteiger partial charge in [-0.05, 0) is 48.9 Å². The maximum Gasteiger partial charge on any atom is 0.326 e. The molecule has 0 bridgehead atoms. The molecule has 4 amide bonds. The fourth-order valence-electron chi connectivity index (χ4n) is 6.00. The van der Waals surface area contributed by atoms with Crippen molar-refractivity contribution in [1.29, 1.82) is 0 Å². The number of nitrogens with zero attached hydrogens (tertiary/aromatic N) is 1. The topological polar surface area (TPSA) is 105 Å². The number of hydrogen-bond acceptors (Lipinski definition) is 5. The molecular weight excluding hydrogens is 398 g/mol. The highest BCUT2D eigenvalue weighted by Crippen LogP contribution is 2.46. The lowest BCUT2D eigenvalue weighted by Gasteiger charge is -2.43. The Balaban J connectivity index is 1.52. The van der Waals surface area contributed by atoms with Gasteiger partial charge >= 0.3 is 12.0 Å². The van der Waals surface area contributed by atoms with Crippen LogP contribution in [0.15, 0.2) is 0 Å². The molecule has 1 spiro atoms. The van der Waals surface area contributed by atoms with Gasteiger partial charge in [-0.3, -0.25) is 19.3 Å². The summed E-state index contributed by atoms with van der Waals surface area (Å²) >= 11 is 0. The lowest BCUT2D eigenvalue weighted by Crippen LogP contribution is -2.54. The van der Waals surface area contributed by atoms with E-state index in [2.05, 4.69) is 45.3 Å². The van der Waals surface area contributed by atoms with Crippen molar-refractivity contribution in [3.63, 3.8) is 0 Å². The molecule has 0 unspecified atom stereocenters. The van der Waals surface area contributed by atoms with Gasteiger partial charge in [-0.2, -0.15) is 0 Å². The maximum atomic E-state index is 13.1. The number of imide groups is 1. The van der Waals surface area contributed by atoms with Gasteiger partial charge in [-0.1, -0.05) is 47.5 Å². The number of nitrogens with one attached hydrogen (secondary N) is 2. The zero-order valence-corrected chi connectivity index (χ0v) is 19.5. The number of carbonyl (C=O) groups is 4. The van der Waals surface area contributed by atoms with E-state index in [4.69, 9.17) is 4.74 Å². The third kappa shape index (κ3) is 5.21. The molecule has 8 nitrogen and oxygen atoms in total. The molecule has 1 aliphatic heterocycles. The smallest absolute Gasteiger partial charge is 0.326 e. The average Bonchev–Trinajstić information content (AvgIpc) is 2.85. The Bertz CT molecular complexity index is 751. The summed E-state index contributed by atoms with van der Waals surface area (Å²) in [5, 5.41) is 5.79. The van der Waals surface area contributed by atoms with E-state index in [1.54, 1.807) is 0 Å². The Morgan fingerprint density at radius 2 is 1.87 bits per heavy atom. The van der Waals surface area contributed by atoms with Crippen molar-refractivity contribution >= 4 is 23.8 Å². The van der Waals surface area contributed by atoms with Crippen LogP contribution in [0.5, 0.6) is 0 Å². The zero-order chi connectivity index (χ0) is 23.0. The number of hydrogen-bond donors (Lipinski definition) is 2. The molecule has 3 fully saturated rings. The number of esters is 1. The van der Waals surface area contributed by atoms with Gasteiger partial charge in [0.1, 0.15) is 12.1 Å². The first-order valence-corrected chi connectivity index (χ1v) is 11.5. The molecule has 174 valence electrons. The highest BCUT2D eigenvalue weighted by Gasteiger charge is 2.56. The Labute approximate surface area is 184 Å². The fourth-order valence-corrected chi connectivity index (χ4v) is 6.00. The van der Waals surface area contributed by atoms with Crippen molar-refractivity contribution in [2.75, 3.05) is 13.2 Å². The van der Waals surface area contributed by atoms with Crippen molar-refractivity contribution in [3.05, 3.63) is 0 Å². The van der Waals surface area contributed by atoms with Crippen LogP contribution in [-0.2, 0) is 19.1 Å². The van der Waals surface area contributed by atoms with Crippen molar-refractivity contribution in [3.8, 4) is 0 Å². The molecule has 0 aromatic heterocycles. The van der Waals surface area contributed by atoms with Gasteiger partial charge in [0.25, 0.3) is 11.8 Å². The van der Waals surface area contributed by atoms with Crippen LogP contribution in [0.1, 0.15) is 73.1 Å². The minimum absolute atomic E-state index is 0.0804. The standard InChI is InChI=1S/C23H37N3O5/c1-14-9-22(4,5)13-23(10-14)20(29)26(21(30)25-23)11-19(28)31-12-18(27)24-17-8-6-7-15(2)16(17)3/h14-17H,6-13H2,1-5H3,(H,24,27)(H,25,30)/t14-,15+,16-,17+,23+/m1/s1. The second-order valence-corrected chi connectivity index (χ2v) is 10.9. The Kier molecular flexibility index (Phi) is 6.67. The normalized spacial score (nSPS) is 35.1. The minimum Gasteiger partial charge on any atom is -0.454 e. The van der Waals surface area contributed by atoms with Crippen LogP contribution in [0.4, 0.5) is 4.79 Å². The minimum atomic E-state index is -0.955. The number of ether oxygens (including phenoxy) is 1. The van der Waals surface area contributed by atoms with Crippen molar-refractivity contribution in [2.45, 2.75) is 84.7 Å². The van der Waals surface area contributed by atoms with Crippen molar-refractivity contribution < 1.29 is 23.9 Å². The molecule has 1 heterocycles. The fraction of sp³-hybridized carbons (Fsp3) is 0.826.